The van der Waals surface area contributed by atoms with E-state index in [9.17, 15) is 4.39 Å². The average Bonchev–Trinajstić information content (AvgIpc) is 2.30. The molecule has 0 saturated carbocycles. The molecule has 1 heterocycles. The molecule has 1 aliphatic rings. The second-order valence-electron chi connectivity index (χ2n) is 3.63. The molecule has 0 aromatic heterocycles. The quantitative estimate of drug-likeness (QED) is 0.820. The van der Waals surface area contributed by atoms with Crippen molar-refractivity contribution in [3.05, 3.63) is 29.6 Å². The van der Waals surface area contributed by atoms with E-state index >= 15 is 0 Å². The van der Waals surface area contributed by atoms with E-state index in [1.807, 2.05) is 11.8 Å². The lowest BCUT2D eigenvalue weighted by Crippen LogP contribution is -2.33. The van der Waals surface area contributed by atoms with E-state index in [4.69, 9.17) is 18.0 Å². The van der Waals surface area contributed by atoms with Crippen molar-refractivity contribution in [3.63, 3.8) is 0 Å². The summed E-state index contributed by atoms with van der Waals surface area (Å²) in [7, 11) is 0. The zero-order valence-electron chi connectivity index (χ0n) is 8.78. The maximum atomic E-state index is 13.8. The molecule has 2 nitrogen and oxygen atoms in total. The number of rotatable bonds is 2. The lowest BCUT2D eigenvalue weighted by molar-refractivity contribution is 0.619. The van der Waals surface area contributed by atoms with Crippen molar-refractivity contribution in [2.45, 2.75) is 0 Å². The minimum Gasteiger partial charge on any atom is -0.389 e. The summed E-state index contributed by atoms with van der Waals surface area (Å²) in [6.45, 7) is 1.79. The highest BCUT2D eigenvalue weighted by Crippen LogP contribution is 2.23. The highest BCUT2D eigenvalue weighted by Gasteiger charge is 2.15. The normalized spacial score (nSPS) is 16.2. The number of anilines is 1. The predicted molar refractivity (Wildman–Crippen MR) is 71.8 cm³/mol. The molecule has 0 spiro atoms. The van der Waals surface area contributed by atoms with Crippen molar-refractivity contribution < 1.29 is 4.39 Å². The molecule has 2 N–H and O–H groups in total. The van der Waals surface area contributed by atoms with Gasteiger partial charge in [0, 0.05) is 30.2 Å². The van der Waals surface area contributed by atoms with Crippen LogP contribution in [0, 0.1) is 5.82 Å². The molecule has 86 valence electrons. The Balaban J connectivity index is 2.24. The number of nitrogens with zero attached hydrogens (tertiary/aromatic N) is 1. The van der Waals surface area contributed by atoms with Crippen LogP contribution in [0.4, 0.5) is 10.1 Å². The fourth-order valence-corrected chi connectivity index (χ4v) is 2.75. The van der Waals surface area contributed by atoms with Crippen LogP contribution in [0.25, 0.3) is 0 Å². The molecule has 16 heavy (non-hydrogen) atoms. The summed E-state index contributed by atoms with van der Waals surface area (Å²) in [5.74, 6) is 1.87. The van der Waals surface area contributed by atoms with Gasteiger partial charge in [-0.25, -0.2) is 4.39 Å². The first-order valence-electron chi connectivity index (χ1n) is 5.10. The van der Waals surface area contributed by atoms with Crippen LogP contribution >= 0.6 is 24.0 Å². The third kappa shape index (κ3) is 2.47. The molecule has 2 rings (SSSR count). The van der Waals surface area contributed by atoms with Crippen LogP contribution in [0.5, 0.6) is 0 Å². The summed E-state index contributed by atoms with van der Waals surface area (Å²) in [4.78, 5) is 2.30. The standard InChI is InChI=1S/C11H13FN2S2/c12-9-7-8(11(13)15)1-2-10(9)14-3-5-16-6-4-14/h1-2,7H,3-6H2,(H2,13,15). The van der Waals surface area contributed by atoms with Crippen LogP contribution < -0.4 is 10.6 Å². The van der Waals surface area contributed by atoms with Gasteiger partial charge in [0.05, 0.1) is 5.69 Å². The Labute approximate surface area is 104 Å². The van der Waals surface area contributed by atoms with Gasteiger partial charge in [0.1, 0.15) is 10.8 Å². The molecule has 1 saturated heterocycles. The van der Waals surface area contributed by atoms with Crippen molar-refractivity contribution in [1.82, 2.24) is 0 Å². The zero-order valence-corrected chi connectivity index (χ0v) is 10.4. The molecule has 0 unspecified atom stereocenters. The topological polar surface area (TPSA) is 29.3 Å². The van der Waals surface area contributed by atoms with E-state index < -0.39 is 0 Å². The third-order valence-corrected chi connectivity index (χ3v) is 3.76. The average molecular weight is 256 g/mol. The molecule has 0 radical (unpaired) electrons. The molecule has 1 aliphatic heterocycles. The molecule has 5 heteroatoms. The predicted octanol–water partition coefficient (Wildman–Crippen LogP) is 2.01. The number of hydrogen-bond acceptors (Lipinski definition) is 3. The van der Waals surface area contributed by atoms with Crippen LogP contribution in [0.2, 0.25) is 0 Å². The SMILES string of the molecule is NC(=S)c1ccc(N2CCSCC2)c(F)c1. The third-order valence-electron chi connectivity index (χ3n) is 2.58. The van der Waals surface area contributed by atoms with Gasteiger partial charge in [0.2, 0.25) is 0 Å². The first-order valence-corrected chi connectivity index (χ1v) is 6.67. The van der Waals surface area contributed by atoms with E-state index in [1.165, 1.54) is 6.07 Å². The Hall–Kier alpha value is -0.810. The van der Waals surface area contributed by atoms with E-state index in [2.05, 4.69) is 4.90 Å². The monoisotopic (exact) mass is 256 g/mol. The van der Waals surface area contributed by atoms with Crippen LogP contribution in [0.3, 0.4) is 0 Å². The number of halogens is 1. The molecule has 1 aromatic carbocycles. The van der Waals surface area contributed by atoms with E-state index in [1.54, 1.807) is 12.1 Å². The van der Waals surface area contributed by atoms with Crippen molar-refractivity contribution in [3.8, 4) is 0 Å². The molecular weight excluding hydrogens is 243 g/mol. The number of hydrogen-bond donors (Lipinski definition) is 1. The van der Waals surface area contributed by atoms with Crippen molar-refractivity contribution in [1.29, 1.82) is 0 Å². The van der Waals surface area contributed by atoms with Crippen molar-refractivity contribution in [2.24, 2.45) is 5.73 Å². The number of benzene rings is 1. The fraction of sp³-hybridized carbons (Fsp3) is 0.364. The number of thiocarbonyl (C=S) groups is 1. The smallest absolute Gasteiger partial charge is 0.147 e. The summed E-state index contributed by atoms with van der Waals surface area (Å²) in [6, 6.07) is 4.96. The first kappa shape index (κ1) is 11.7. The van der Waals surface area contributed by atoms with E-state index in [-0.39, 0.29) is 10.8 Å². The van der Waals surface area contributed by atoms with Gasteiger partial charge in [0.15, 0.2) is 0 Å². The molecule has 0 amide bonds. The zero-order chi connectivity index (χ0) is 11.5. The Morgan fingerprint density at radius 1 is 1.38 bits per heavy atom. The minimum atomic E-state index is -0.239. The first-order chi connectivity index (χ1) is 7.68. The Morgan fingerprint density at radius 2 is 2.06 bits per heavy atom. The van der Waals surface area contributed by atoms with Gasteiger partial charge in [-0.3, -0.25) is 0 Å². The Morgan fingerprint density at radius 3 is 2.62 bits per heavy atom. The second-order valence-corrected chi connectivity index (χ2v) is 5.29. The number of thioether (sulfide) groups is 1. The minimum absolute atomic E-state index is 0.236. The van der Waals surface area contributed by atoms with E-state index in [0.717, 1.165) is 24.6 Å². The molecule has 0 aliphatic carbocycles. The van der Waals surface area contributed by atoms with E-state index in [0.29, 0.717) is 11.3 Å². The highest BCUT2D eigenvalue weighted by atomic mass is 32.2. The van der Waals surface area contributed by atoms with Crippen LogP contribution in [-0.2, 0) is 0 Å². The maximum absolute atomic E-state index is 13.8. The summed E-state index contributed by atoms with van der Waals surface area (Å²) >= 11 is 6.72. The van der Waals surface area contributed by atoms with Gasteiger partial charge in [0.25, 0.3) is 0 Å². The highest BCUT2D eigenvalue weighted by molar-refractivity contribution is 7.99. The maximum Gasteiger partial charge on any atom is 0.147 e. The Bertz CT molecular complexity index is 403. The van der Waals surface area contributed by atoms with Crippen LogP contribution in [0.15, 0.2) is 18.2 Å². The van der Waals surface area contributed by atoms with Gasteiger partial charge in [-0.2, -0.15) is 11.8 Å². The number of nitrogens with two attached hydrogens (primary N) is 1. The second kappa shape index (κ2) is 5.01. The van der Waals surface area contributed by atoms with Gasteiger partial charge < -0.3 is 10.6 Å². The van der Waals surface area contributed by atoms with Gasteiger partial charge in [-0.05, 0) is 18.2 Å². The largest absolute Gasteiger partial charge is 0.389 e. The summed E-state index contributed by atoms with van der Waals surface area (Å²) in [5, 5.41) is 0. The molecular formula is C11H13FN2S2. The fourth-order valence-electron chi connectivity index (χ4n) is 1.72. The van der Waals surface area contributed by atoms with Crippen LogP contribution in [0.1, 0.15) is 5.56 Å². The van der Waals surface area contributed by atoms with Gasteiger partial charge in [-0.1, -0.05) is 12.2 Å². The molecule has 0 atom stereocenters. The summed E-state index contributed by atoms with van der Waals surface area (Å²) < 4.78 is 13.8. The molecule has 0 bridgehead atoms. The Kier molecular flexibility index (Phi) is 3.66. The lowest BCUT2D eigenvalue weighted by atomic mass is 10.2. The summed E-state index contributed by atoms with van der Waals surface area (Å²) in [5.41, 5.74) is 6.70. The van der Waals surface area contributed by atoms with Crippen molar-refractivity contribution in [2.75, 3.05) is 29.5 Å². The van der Waals surface area contributed by atoms with Gasteiger partial charge >= 0.3 is 0 Å². The summed E-state index contributed by atoms with van der Waals surface area (Å²) in [6.07, 6.45) is 0. The molecule has 1 fully saturated rings. The van der Waals surface area contributed by atoms with Crippen molar-refractivity contribution >= 4 is 34.7 Å². The molecule has 1 aromatic rings. The van der Waals surface area contributed by atoms with Crippen LogP contribution in [-0.4, -0.2) is 29.6 Å². The van der Waals surface area contributed by atoms with Gasteiger partial charge in [-0.15, -0.1) is 0 Å². The lowest BCUT2D eigenvalue weighted by Gasteiger charge is -2.28.